The lowest BCUT2D eigenvalue weighted by atomic mass is 10.1. The molecule has 0 bridgehead atoms. The van der Waals surface area contributed by atoms with Gasteiger partial charge in [0.25, 0.3) is 0 Å². The quantitative estimate of drug-likeness (QED) is 0.352. The average molecular weight is 461 g/mol. The van der Waals surface area contributed by atoms with E-state index in [-0.39, 0.29) is 23.3 Å². The first-order valence-electron chi connectivity index (χ1n) is 9.47. The van der Waals surface area contributed by atoms with E-state index in [1.807, 2.05) is 36.6 Å². The highest BCUT2D eigenvalue weighted by molar-refractivity contribution is 7.99. The molecule has 0 saturated heterocycles. The number of nitrogens with zero attached hydrogens (tertiary/aromatic N) is 3. The zero-order valence-corrected chi connectivity index (χ0v) is 18.8. The van der Waals surface area contributed by atoms with E-state index in [9.17, 15) is 9.18 Å². The van der Waals surface area contributed by atoms with Gasteiger partial charge in [0, 0.05) is 18.3 Å². The lowest BCUT2D eigenvalue weighted by Crippen LogP contribution is -2.15. The number of rotatable bonds is 9. The second-order valence-corrected chi connectivity index (χ2v) is 8.23. The first-order chi connectivity index (χ1) is 14.9. The molecule has 3 aromatic rings. The van der Waals surface area contributed by atoms with E-state index in [2.05, 4.69) is 22.1 Å². The molecule has 6 nitrogen and oxygen atoms in total. The minimum Gasteiger partial charge on any atom is -0.486 e. The van der Waals surface area contributed by atoms with E-state index in [4.69, 9.17) is 16.3 Å². The third-order valence-electron chi connectivity index (χ3n) is 4.20. The van der Waals surface area contributed by atoms with Gasteiger partial charge in [-0.3, -0.25) is 9.36 Å². The van der Waals surface area contributed by atoms with Crippen molar-refractivity contribution in [2.75, 3.05) is 11.1 Å². The average Bonchev–Trinajstić information content (AvgIpc) is 3.08. The van der Waals surface area contributed by atoms with Crippen molar-refractivity contribution in [3.8, 4) is 5.75 Å². The van der Waals surface area contributed by atoms with Crippen molar-refractivity contribution in [1.29, 1.82) is 0 Å². The van der Waals surface area contributed by atoms with Crippen LogP contribution in [0.3, 0.4) is 0 Å². The molecule has 0 aliphatic rings. The minimum absolute atomic E-state index is 0.0175. The van der Waals surface area contributed by atoms with Crippen molar-refractivity contribution >= 4 is 35.0 Å². The van der Waals surface area contributed by atoms with Crippen molar-refractivity contribution in [3.63, 3.8) is 0 Å². The van der Waals surface area contributed by atoms with E-state index in [0.29, 0.717) is 23.3 Å². The minimum atomic E-state index is -0.512. The highest BCUT2D eigenvalue weighted by Gasteiger charge is 2.15. The van der Waals surface area contributed by atoms with Crippen molar-refractivity contribution in [2.45, 2.75) is 32.2 Å². The Hall–Kier alpha value is -2.84. The lowest BCUT2D eigenvalue weighted by molar-refractivity contribution is -0.113. The molecular weight excluding hydrogens is 439 g/mol. The predicted molar refractivity (Wildman–Crippen MR) is 121 cm³/mol. The molecular formula is C22H22ClFN4O2S. The Morgan fingerprint density at radius 3 is 2.68 bits per heavy atom. The van der Waals surface area contributed by atoms with Gasteiger partial charge in [0.2, 0.25) is 5.91 Å². The SMILES string of the molecule is C=CCn1c(COc2ccc(F)c(Cl)c2)nnc1SCC(=O)Nc1cc(C)cc(C)c1. The summed E-state index contributed by atoms with van der Waals surface area (Å²) >= 11 is 7.06. The number of thioether (sulfide) groups is 1. The smallest absolute Gasteiger partial charge is 0.234 e. The normalized spacial score (nSPS) is 10.7. The Kier molecular flexibility index (Phi) is 7.70. The summed E-state index contributed by atoms with van der Waals surface area (Å²) in [5.41, 5.74) is 2.93. The van der Waals surface area contributed by atoms with Gasteiger partial charge in [0.1, 0.15) is 18.2 Å². The molecule has 0 radical (unpaired) electrons. The van der Waals surface area contributed by atoms with E-state index in [1.54, 1.807) is 6.08 Å². The zero-order chi connectivity index (χ0) is 22.4. The van der Waals surface area contributed by atoms with Crippen LogP contribution in [0.4, 0.5) is 10.1 Å². The molecule has 2 aromatic carbocycles. The van der Waals surface area contributed by atoms with Gasteiger partial charge >= 0.3 is 0 Å². The summed E-state index contributed by atoms with van der Waals surface area (Å²) in [5, 5.41) is 11.8. The molecule has 162 valence electrons. The molecule has 0 atom stereocenters. The van der Waals surface area contributed by atoms with E-state index >= 15 is 0 Å². The summed E-state index contributed by atoms with van der Waals surface area (Å²) < 4.78 is 20.8. The highest BCUT2D eigenvalue weighted by atomic mass is 35.5. The molecule has 0 fully saturated rings. The Balaban J connectivity index is 1.63. The maximum Gasteiger partial charge on any atom is 0.234 e. The second-order valence-electron chi connectivity index (χ2n) is 6.88. The number of anilines is 1. The monoisotopic (exact) mass is 460 g/mol. The molecule has 0 aliphatic carbocycles. The number of hydrogen-bond acceptors (Lipinski definition) is 5. The van der Waals surface area contributed by atoms with Crippen LogP contribution in [0.5, 0.6) is 5.75 Å². The molecule has 1 heterocycles. The van der Waals surface area contributed by atoms with Crippen LogP contribution in [-0.4, -0.2) is 26.4 Å². The molecule has 1 aromatic heterocycles. The lowest BCUT2D eigenvalue weighted by Gasteiger charge is -2.10. The Labute approximate surface area is 189 Å². The van der Waals surface area contributed by atoms with E-state index in [0.717, 1.165) is 16.8 Å². The topological polar surface area (TPSA) is 69.0 Å². The molecule has 1 N–H and O–H groups in total. The highest BCUT2D eigenvalue weighted by Crippen LogP contribution is 2.23. The number of amides is 1. The van der Waals surface area contributed by atoms with Crippen LogP contribution in [-0.2, 0) is 17.9 Å². The number of hydrogen-bond donors (Lipinski definition) is 1. The van der Waals surface area contributed by atoms with E-state index < -0.39 is 5.82 Å². The van der Waals surface area contributed by atoms with Gasteiger partial charge in [-0.25, -0.2) is 4.39 Å². The first-order valence-corrected chi connectivity index (χ1v) is 10.8. The fourth-order valence-electron chi connectivity index (χ4n) is 2.93. The fourth-order valence-corrected chi connectivity index (χ4v) is 3.87. The largest absolute Gasteiger partial charge is 0.486 e. The van der Waals surface area contributed by atoms with Crippen molar-refractivity contribution in [2.24, 2.45) is 0 Å². The molecule has 0 saturated carbocycles. The molecule has 3 rings (SSSR count). The number of carbonyl (C=O) groups excluding carboxylic acids is 1. The number of halogens is 2. The fraction of sp³-hybridized carbons (Fsp3) is 0.227. The van der Waals surface area contributed by atoms with E-state index in [1.165, 1.54) is 30.0 Å². The molecule has 0 spiro atoms. The maximum atomic E-state index is 13.3. The van der Waals surface area contributed by atoms with Crippen LogP contribution in [0.25, 0.3) is 0 Å². The van der Waals surface area contributed by atoms with Crippen LogP contribution in [0, 0.1) is 19.7 Å². The molecule has 0 aliphatic heterocycles. The number of allylic oxidation sites excluding steroid dienone is 1. The summed E-state index contributed by atoms with van der Waals surface area (Å²) in [6.07, 6.45) is 1.71. The maximum absolute atomic E-state index is 13.3. The summed E-state index contributed by atoms with van der Waals surface area (Å²) in [4.78, 5) is 12.4. The van der Waals surface area contributed by atoms with Gasteiger partial charge in [-0.15, -0.1) is 16.8 Å². The van der Waals surface area contributed by atoms with Crippen molar-refractivity contribution in [3.05, 3.63) is 76.8 Å². The Morgan fingerprint density at radius 1 is 1.26 bits per heavy atom. The van der Waals surface area contributed by atoms with Gasteiger partial charge in [-0.2, -0.15) is 0 Å². The molecule has 31 heavy (non-hydrogen) atoms. The summed E-state index contributed by atoms with van der Waals surface area (Å²) in [5.74, 6) is 0.499. The predicted octanol–water partition coefficient (Wildman–Crippen LogP) is 5.18. The van der Waals surface area contributed by atoms with Crippen LogP contribution in [0.1, 0.15) is 17.0 Å². The number of aromatic nitrogens is 3. The van der Waals surface area contributed by atoms with Crippen LogP contribution in [0.15, 0.2) is 54.2 Å². The first kappa shape index (κ1) is 22.8. The van der Waals surface area contributed by atoms with Crippen LogP contribution >= 0.6 is 23.4 Å². The van der Waals surface area contributed by atoms with Gasteiger partial charge in [0.15, 0.2) is 11.0 Å². The molecule has 1 amide bonds. The standard InChI is InChI=1S/C22H22ClFN4O2S/c1-4-7-28-20(12-30-17-5-6-19(24)18(23)11-17)26-27-22(28)31-13-21(29)25-16-9-14(2)8-15(3)10-16/h4-6,8-11H,1,7,12-13H2,2-3H3,(H,25,29). The third kappa shape index (κ3) is 6.32. The summed E-state index contributed by atoms with van der Waals surface area (Å²) in [7, 11) is 0. The van der Waals surface area contributed by atoms with Gasteiger partial charge in [0.05, 0.1) is 10.8 Å². The molecule has 0 unspecified atom stereocenters. The second kappa shape index (κ2) is 10.5. The van der Waals surface area contributed by atoms with Gasteiger partial charge in [-0.1, -0.05) is 35.5 Å². The number of nitrogens with one attached hydrogen (secondary N) is 1. The van der Waals surface area contributed by atoms with Crippen molar-refractivity contribution in [1.82, 2.24) is 14.8 Å². The Bertz CT molecular complexity index is 1080. The zero-order valence-electron chi connectivity index (χ0n) is 17.2. The van der Waals surface area contributed by atoms with Crippen LogP contribution in [0.2, 0.25) is 5.02 Å². The number of carbonyl (C=O) groups is 1. The molecule has 9 heteroatoms. The number of ether oxygens (including phenoxy) is 1. The third-order valence-corrected chi connectivity index (χ3v) is 5.46. The van der Waals surface area contributed by atoms with Crippen LogP contribution < -0.4 is 10.1 Å². The summed E-state index contributed by atoms with van der Waals surface area (Å²) in [6, 6.07) is 10.0. The summed E-state index contributed by atoms with van der Waals surface area (Å²) in [6.45, 7) is 8.29. The van der Waals surface area contributed by atoms with Gasteiger partial charge < -0.3 is 10.1 Å². The number of aryl methyl sites for hydroxylation is 2. The van der Waals surface area contributed by atoms with Crippen molar-refractivity contribution < 1.29 is 13.9 Å². The van der Waals surface area contributed by atoms with Gasteiger partial charge in [-0.05, 0) is 49.2 Å². The number of benzene rings is 2. The Morgan fingerprint density at radius 2 is 2.00 bits per heavy atom.